The van der Waals surface area contributed by atoms with E-state index in [1.807, 2.05) is 0 Å². The summed E-state index contributed by atoms with van der Waals surface area (Å²) in [4.78, 5) is 27.1. The summed E-state index contributed by atoms with van der Waals surface area (Å²) < 4.78 is 10.5. The zero-order valence-electron chi connectivity index (χ0n) is 16.8. The van der Waals surface area contributed by atoms with Crippen molar-refractivity contribution in [3.8, 4) is 11.5 Å². The van der Waals surface area contributed by atoms with Crippen LogP contribution in [0.3, 0.4) is 0 Å². The van der Waals surface area contributed by atoms with Gasteiger partial charge in [-0.25, -0.2) is 4.79 Å². The third-order valence-electron chi connectivity index (χ3n) is 4.48. The minimum absolute atomic E-state index is 0.0282. The summed E-state index contributed by atoms with van der Waals surface area (Å²) in [6.45, 7) is 5.84. The molecule has 0 saturated heterocycles. The first kappa shape index (κ1) is 21.3. The maximum absolute atomic E-state index is 13.2. The Hall–Kier alpha value is -3.02. The van der Waals surface area contributed by atoms with E-state index >= 15 is 0 Å². The van der Waals surface area contributed by atoms with Crippen LogP contribution in [0.1, 0.15) is 53.0 Å². The van der Waals surface area contributed by atoms with Crippen molar-refractivity contribution < 1.29 is 24.2 Å². The molecule has 2 aromatic carbocycles. The average Bonchev–Trinajstić information content (AvgIpc) is 2.72. The molecule has 150 valence electrons. The summed E-state index contributed by atoms with van der Waals surface area (Å²) in [5.74, 6) is -0.644. The number of nitrogens with zero attached hydrogens (tertiary/aromatic N) is 1. The van der Waals surface area contributed by atoms with Crippen molar-refractivity contribution in [2.24, 2.45) is 0 Å². The predicted molar refractivity (Wildman–Crippen MR) is 109 cm³/mol. The van der Waals surface area contributed by atoms with E-state index in [9.17, 15) is 14.7 Å². The van der Waals surface area contributed by atoms with Gasteiger partial charge in [0.25, 0.3) is 0 Å². The third kappa shape index (κ3) is 4.63. The number of carbonyl (C=O) groups is 2. The smallest absolute Gasteiger partial charge is 0.336 e. The molecule has 0 aromatic heterocycles. The van der Waals surface area contributed by atoms with Gasteiger partial charge in [-0.2, -0.15) is 0 Å². The van der Waals surface area contributed by atoms with E-state index in [1.54, 1.807) is 30.3 Å². The molecule has 28 heavy (non-hydrogen) atoms. The van der Waals surface area contributed by atoms with Crippen molar-refractivity contribution >= 4 is 17.4 Å². The van der Waals surface area contributed by atoms with E-state index in [2.05, 4.69) is 18.7 Å². The van der Waals surface area contributed by atoms with Crippen LogP contribution >= 0.6 is 0 Å². The summed E-state index contributed by atoms with van der Waals surface area (Å²) in [6.07, 6.45) is 1.91. The van der Waals surface area contributed by atoms with Crippen LogP contribution in [0.5, 0.6) is 11.5 Å². The first-order chi connectivity index (χ1) is 13.5. The number of carboxylic acid groups (broad SMARTS) is 1. The zero-order chi connectivity index (χ0) is 20.7. The summed E-state index contributed by atoms with van der Waals surface area (Å²) in [5.41, 5.74) is 1.25. The Balaban J connectivity index is 2.57. The number of ether oxygens (including phenoxy) is 2. The molecule has 0 aliphatic heterocycles. The van der Waals surface area contributed by atoms with E-state index in [0.29, 0.717) is 17.1 Å². The van der Waals surface area contributed by atoms with E-state index in [-0.39, 0.29) is 11.1 Å². The van der Waals surface area contributed by atoms with Crippen LogP contribution in [0.15, 0.2) is 36.4 Å². The molecule has 2 rings (SSSR count). The Morgan fingerprint density at radius 3 is 2.07 bits per heavy atom. The van der Waals surface area contributed by atoms with Crippen LogP contribution in [0.25, 0.3) is 0 Å². The number of rotatable bonds is 10. The van der Waals surface area contributed by atoms with Crippen molar-refractivity contribution in [2.45, 2.75) is 26.7 Å². The summed E-state index contributed by atoms with van der Waals surface area (Å²) >= 11 is 0. The number of hydrogen-bond donors (Lipinski definition) is 1. The van der Waals surface area contributed by atoms with Crippen molar-refractivity contribution in [1.29, 1.82) is 0 Å². The average molecular weight is 385 g/mol. The van der Waals surface area contributed by atoms with Gasteiger partial charge in [-0.15, -0.1) is 0 Å². The molecule has 6 heteroatoms. The van der Waals surface area contributed by atoms with Crippen LogP contribution < -0.4 is 14.4 Å². The molecule has 0 aliphatic rings. The Morgan fingerprint density at radius 1 is 0.893 bits per heavy atom. The molecule has 6 nitrogen and oxygen atoms in total. The summed E-state index contributed by atoms with van der Waals surface area (Å²) in [7, 11) is 2.99. The van der Waals surface area contributed by atoms with Gasteiger partial charge in [-0.3, -0.25) is 4.79 Å². The fraction of sp³-hybridized carbons (Fsp3) is 0.364. The highest BCUT2D eigenvalue weighted by atomic mass is 16.5. The van der Waals surface area contributed by atoms with Gasteiger partial charge in [-0.05, 0) is 43.2 Å². The second-order valence-electron chi connectivity index (χ2n) is 6.42. The second-order valence-corrected chi connectivity index (χ2v) is 6.42. The molecule has 0 bridgehead atoms. The lowest BCUT2D eigenvalue weighted by molar-refractivity contribution is 0.0692. The van der Waals surface area contributed by atoms with Gasteiger partial charge in [0, 0.05) is 30.4 Å². The molecule has 0 amide bonds. The maximum Gasteiger partial charge on any atom is 0.336 e. The molecule has 0 spiro atoms. The molecule has 0 aliphatic carbocycles. The van der Waals surface area contributed by atoms with E-state index in [0.717, 1.165) is 31.6 Å². The highest BCUT2D eigenvalue weighted by Crippen LogP contribution is 2.29. The van der Waals surface area contributed by atoms with E-state index in [4.69, 9.17) is 9.47 Å². The number of ketones is 1. The highest BCUT2D eigenvalue weighted by Gasteiger charge is 2.23. The standard InChI is InChI=1S/C22H27NO5/c1-5-11-23(12-6-2)15-7-9-17(22(25)26)19(13-15)21(24)18-10-8-16(27-3)14-20(18)28-4/h7-10,13-14H,5-6,11-12H2,1-4H3,(H,25,26). The first-order valence-corrected chi connectivity index (χ1v) is 9.35. The predicted octanol–water partition coefficient (Wildman–Crippen LogP) is 4.26. The number of carbonyl (C=O) groups excluding carboxylic acids is 1. The fourth-order valence-corrected chi connectivity index (χ4v) is 3.14. The topological polar surface area (TPSA) is 76.1 Å². The lowest BCUT2D eigenvalue weighted by Crippen LogP contribution is -2.25. The first-order valence-electron chi connectivity index (χ1n) is 9.35. The van der Waals surface area contributed by atoms with Crippen LogP contribution in [0.2, 0.25) is 0 Å². The Kier molecular flexibility index (Phi) is 7.44. The van der Waals surface area contributed by atoms with Gasteiger partial charge in [0.2, 0.25) is 0 Å². The van der Waals surface area contributed by atoms with Crippen molar-refractivity contribution in [1.82, 2.24) is 0 Å². The molecular formula is C22H27NO5. The number of benzene rings is 2. The number of methoxy groups -OCH3 is 2. The number of aromatic carboxylic acids is 1. The maximum atomic E-state index is 13.2. The minimum atomic E-state index is -1.14. The molecule has 0 heterocycles. The zero-order valence-corrected chi connectivity index (χ0v) is 16.8. The fourth-order valence-electron chi connectivity index (χ4n) is 3.14. The lowest BCUT2D eigenvalue weighted by Gasteiger charge is -2.24. The largest absolute Gasteiger partial charge is 0.497 e. The number of carboxylic acids is 1. The van der Waals surface area contributed by atoms with Gasteiger partial charge in [-0.1, -0.05) is 13.8 Å². The van der Waals surface area contributed by atoms with Gasteiger partial charge >= 0.3 is 5.97 Å². The quantitative estimate of drug-likeness (QED) is 0.616. The number of anilines is 1. The molecule has 0 atom stereocenters. The van der Waals surface area contributed by atoms with E-state index in [1.165, 1.54) is 20.3 Å². The molecule has 0 radical (unpaired) electrons. The summed E-state index contributed by atoms with van der Waals surface area (Å²) in [5, 5.41) is 9.59. The lowest BCUT2D eigenvalue weighted by atomic mass is 9.96. The number of hydrogen-bond acceptors (Lipinski definition) is 5. The SMILES string of the molecule is CCCN(CCC)c1ccc(C(=O)O)c(C(=O)c2ccc(OC)cc2OC)c1. The summed E-state index contributed by atoms with van der Waals surface area (Å²) in [6, 6.07) is 9.78. The molecule has 0 fully saturated rings. The molecular weight excluding hydrogens is 358 g/mol. The van der Waals surface area contributed by atoms with Crippen molar-refractivity contribution in [3.63, 3.8) is 0 Å². The van der Waals surface area contributed by atoms with Crippen molar-refractivity contribution in [3.05, 3.63) is 53.1 Å². The van der Waals surface area contributed by atoms with E-state index < -0.39 is 11.8 Å². The van der Waals surface area contributed by atoms with Gasteiger partial charge < -0.3 is 19.5 Å². The van der Waals surface area contributed by atoms with Gasteiger partial charge in [0.15, 0.2) is 5.78 Å². The van der Waals surface area contributed by atoms with Gasteiger partial charge in [0.05, 0.1) is 25.3 Å². The van der Waals surface area contributed by atoms with Crippen LogP contribution in [-0.4, -0.2) is 44.2 Å². The third-order valence-corrected chi connectivity index (χ3v) is 4.48. The molecule has 0 unspecified atom stereocenters. The van der Waals surface area contributed by atoms with Crippen LogP contribution in [0.4, 0.5) is 5.69 Å². The van der Waals surface area contributed by atoms with Crippen molar-refractivity contribution in [2.75, 3.05) is 32.2 Å². The minimum Gasteiger partial charge on any atom is -0.497 e. The Morgan fingerprint density at radius 2 is 1.54 bits per heavy atom. The van der Waals surface area contributed by atoms with Crippen LogP contribution in [-0.2, 0) is 0 Å². The monoisotopic (exact) mass is 385 g/mol. The van der Waals surface area contributed by atoms with Crippen LogP contribution in [0, 0.1) is 0 Å². The van der Waals surface area contributed by atoms with Gasteiger partial charge in [0.1, 0.15) is 11.5 Å². The molecule has 2 aromatic rings. The second kappa shape index (κ2) is 9.78. The molecule has 1 N–H and O–H groups in total. The molecule has 0 saturated carbocycles. The normalized spacial score (nSPS) is 10.4. The highest BCUT2D eigenvalue weighted by molar-refractivity contribution is 6.16. The Labute approximate surface area is 165 Å². The Bertz CT molecular complexity index is 841.